The molecule has 0 N–H and O–H groups in total. The number of aryl methyl sites for hydroxylation is 1. The predicted molar refractivity (Wildman–Crippen MR) is 54.8 cm³/mol. The minimum Gasteiger partial charge on any atom is -0.300 e. The molecule has 0 heterocycles. The second-order valence-corrected chi connectivity index (χ2v) is 3.37. The zero-order chi connectivity index (χ0) is 10.4. The zero-order valence-corrected chi connectivity index (χ0v) is 8.29. The molecule has 2 heteroatoms. The number of nitriles is 1. The third-order valence-electron chi connectivity index (χ3n) is 2.05. The summed E-state index contributed by atoms with van der Waals surface area (Å²) in [5, 5.41) is 8.67. The number of Topliss-reactive ketones (excluding diaryl/α,β-unsaturated/α-hetero) is 1. The fourth-order valence-corrected chi connectivity index (χ4v) is 1.34. The highest BCUT2D eigenvalue weighted by atomic mass is 16.1. The third kappa shape index (κ3) is 3.40. The van der Waals surface area contributed by atoms with Gasteiger partial charge in [-0.3, -0.25) is 0 Å². The molecule has 1 rings (SSSR count). The summed E-state index contributed by atoms with van der Waals surface area (Å²) in [7, 11) is 0. The molecule has 0 fully saturated rings. The molecule has 0 amide bonds. The van der Waals surface area contributed by atoms with Crippen LogP contribution in [0, 0.1) is 11.3 Å². The SMILES string of the molecule is CC(=O)CCCc1cccc(C#N)c1. The van der Waals surface area contributed by atoms with Crippen LogP contribution in [0.25, 0.3) is 0 Å². The van der Waals surface area contributed by atoms with E-state index in [4.69, 9.17) is 5.26 Å². The smallest absolute Gasteiger partial charge is 0.129 e. The van der Waals surface area contributed by atoms with E-state index < -0.39 is 0 Å². The van der Waals surface area contributed by atoms with E-state index >= 15 is 0 Å². The van der Waals surface area contributed by atoms with Crippen LogP contribution in [0.3, 0.4) is 0 Å². The molecule has 0 bridgehead atoms. The van der Waals surface area contributed by atoms with Crippen molar-refractivity contribution in [3.63, 3.8) is 0 Å². The second kappa shape index (κ2) is 5.18. The molecule has 0 aliphatic heterocycles. The minimum absolute atomic E-state index is 0.224. The molecule has 72 valence electrons. The van der Waals surface area contributed by atoms with Gasteiger partial charge in [0.05, 0.1) is 11.6 Å². The van der Waals surface area contributed by atoms with Crippen LogP contribution in [0.2, 0.25) is 0 Å². The standard InChI is InChI=1S/C12H13NO/c1-10(14)4-2-5-11-6-3-7-12(8-11)9-13/h3,6-8H,2,4-5H2,1H3. The van der Waals surface area contributed by atoms with Crippen LogP contribution in [0.4, 0.5) is 0 Å². The summed E-state index contributed by atoms with van der Waals surface area (Å²) < 4.78 is 0. The summed E-state index contributed by atoms with van der Waals surface area (Å²) in [6.07, 6.45) is 2.36. The Morgan fingerprint density at radius 2 is 2.29 bits per heavy atom. The highest BCUT2D eigenvalue weighted by Gasteiger charge is 1.97. The van der Waals surface area contributed by atoms with Gasteiger partial charge in [0.15, 0.2) is 0 Å². The van der Waals surface area contributed by atoms with Crippen molar-refractivity contribution in [2.45, 2.75) is 26.2 Å². The van der Waals surface area contributed by atoms with E-state index in [-0.39, 0.29) is 5.78 Å². The van der Waals surface area contributed by atoms with Crippen molar-refractivity contribution in [1.29, 1.82) is 5.26 Å². The molecular weight excluding hydrogens is 174 g/mol. The lowest BCUT2D eigenvalue weighted by Gasteiger charge is -1.99. The van der Waals surface area contributed by atoms with Gasteiger partial charge in [0.25, 0.3) is 0 Å². The monoisotopic (exact) mass is 187 g/mol. The first-order chi connectivity index (χ1) is 6.72. The Labute approximate surface area is 84.2 Å². The summed E-state index contributed by atoms with van der Waals surface area (Å²) in [6, 6.07) is 9.62. The number of rotatable bonds is 4. The number of hydrogen-bond donors (Lipinski definition) is 0. The van der Waals surface area contributed by atoms with Gasteiger partial charge in [-0.1, -0.05) is 12.1 Å². The van der Waals surface area contributed by atoms with Crippen LogP contribution in [-0.2, 0) is 11.2 Å². The van der Waals surface area contributed by atoms with Crippen LogP contribution in [-0.4, -0.2) is 5.78 Å². The lowest BCUT2D eigenvalue weighted by Crippen LogP contribution is -1.92. The molecule has 0 unspecified atom stereocenters. The number of carbonyl (C=O) groups excluding carboxylic acids is 1. The fourth-order valence-electron chi connectivity index (χ4n) is 1.34. The van der Waals surface area contributed by atoms with Crippen LogP contribution in [0.1, 0.15) is 30.9 Å². The van der Waals surface area contributed by atoms with E-state index in [0.717, 1.165) is 18.4 Å². The van der Waals surface area contributed by atoms with E-state index in [1.807, 2.05) is 18.2 Å². The maximum absolute atomic E-state index is 10.7. The molecule has 0 aliphatic rings. The second-order valence-electron chi connectivity index (χ2n) is 3.37. The van der Waals surface area contributed by atoms with Gasteiger partial charge >= 0.3 is 0 Å². The molecular formula is C12H13NO. The van der Waals surface area contributed by atoms with E-state index in [9.17, 15) is 4.79 Å². The Morgan fingerprint density at radius 3 is 2.93 bits per heavy atom. The summed E-state index contributed by atoms with van der Waals surface area (Å²) in [4.78, 5) is 10.7. The van der Waals surface area contributed by atoms with Crippen LogP contribution in [0.15, 0.2) is 24.3 Å². The summed E-state index contributed by atoms with van der Waals surface area (Å²) >= 11 is 0. The van der Waals surface area contributed by atoms with Crippen LogP contribution >= 0.6 is 0 Å². The van der Waals surface area contributed by atoms with Gasteiger partial charge in [-0.05, 0) is 37.5 Å². The number of nitrogens with zero attached hydrogens (tertiary/aromatic N) is 1. The first-order valence-corrected chi connectivity index (χ1v) is 4.71. The van der Waals surface area contributed by atoms with Crippen molar-refractivity contribution in [3.8, 4) is 6.07 Å². The van der Waals surface area contributed by atoms with Gasteiger partial charge in [0.2, 0.25) is 0 Å². The molecule has 0 radical (unpaired) electrons. The fraction of sp³-hybridized carbons (Fsp3) is 0.333. The molecule has 0 atom stereocenters. The molecule has 0 aliphatic carbocycles. The summed E-state index contributed by atoms with van der Waals surface area (Å²) in [5.74, 6) is 0.224. The first-order valence-electron chi connectivity index (χ1n) is 4.71. The molecule has 2 nitrogen and oxygen atoms in total. The molecule has 14 heavy (non-hydrogen) atoms. The van der Waals surface area contributed by atoms with Gasteiger partial charge in [-0.25, -0.2) is 0 Å². The zero-order valence-electron chi connectivity index (χ0n) is 8.29. The van der Waals surface area contributed by atoms with Crippen LogP contribution < -0.4 is 0 Å². The average Bonchev–Trinajstić information content (AvgIpc) is 2.18. The number of ketones is 1. The topological polar surface area (TPSA) is 40.9 Å². The summed E-state index contributed by atoms with van der Waals surface area (Å²) in [5.41, 5.74) is 1.82. The van der Waals surface area contributed by atoms with Crippen molar-refractivity contribution in [2.75, 3.05) is 0 Å². The minimum atomic E-state index is 0.224. The third-order valence-corrected chi connectivity index (χ3v) is 2.05. The molecule has 1 aromatic carbocycles. The van der Waals surface area contributed by atoms with Crippen molar-refractivity contribution in [3.05, 3.63) is 35.4 Å². The quantitative estimate of drug-likeness (QED) is 0.726. The Morgan fingerprint density at radius 1 is 1.50 bits per heavy atom. The molecule has 0 spiro atoms. The largest absolute Gasteiger partial charge is 0.300 e. The Balaban J connectivity index is 2.51. The maximum atomic E-state index is 10.7. The number of hydrogen-bond acceptors (Lipinski definition) is 2. The Kier molecular flexibility index (Phi) is 3.87. The van der Waals surface area contributed by atoms with Crippen molar-refractivity contribution >= 4 is 5.78 Å². The van der Waals surface area contributed by atoms with Crippen molar-refractivity contribution in [2.24, 2.45) is 0 Å². The highest BCUT2D eigenvalue weighted by molar-refractivity contribution is 5.75. The predicted octanol–water partition coefficient (Wildman–Crippen LogP) is 2.47. The van der Waals surface area contributed by atoms with Crippen molar-refractivity contribution < 1.29 is 4.79 Å². The maximum Gasteiger partial charge on any atom is 0.129 e. The van der Waals surface area contributed by atoms with E-state index in [1.165, 1.54) is 0 Å². The van der Waals surface area contributed by atoms with Crippen LogP contribution in [0.5, 0.6) is 0 Å². The number of benzene rings is 1. The van der Waals surface area contributed by atoms with Gasteiger partial charge in [0, 0.05) is 6.42 Å². The Bertz CT molecular complexity index is 363. The first kappa shape index (κ1) is 10.5. The van der Waals surface area contributed by atoms with E-state index in [0.29, 0.717) is 12.0 Å². The van der Waals surface area contributed by atoms with Gasteiger partial charge in [-0.2, -0.15) is 5.26 Å². The van der Waals surface area contributed by atoms with Gasteiger partial charge < -0.3 is 4.79 Å². The molecule has 0 aromatic heterocycles. The molecule has 0 saturated heterocycles. The molecule has 1 aromatic rings. The van der Waals surface area contributed by atoms with Gasteiger partial charge in [0.1, 0.15) is 5.78 Å². The average molecular weight is 187 g/mol. The molecule has 0 saturated carbocycles. The highest BCUT2D eigenvalue weighted by Crippen LogP contribution is 2.08. The lowest BCUT2D eigenvalue weighted by atomic mass is 10.0. The Hall–Kier alpha value is -1.62. The van der Waals surface area contributed by atoms with Crippen molar-refractivity contribution in [1.82, 2.24) is 0 Å². The lowest BCUT2D eigenvalue weighted by molar-refractivity contribution is -0.117. The normalized spacial score (nSPS) is 9.43. The summed E-state index contributed by atoms with van der Waals surface area (Å²) in [6.45, 7) is 1.60. The van der Waals surface area contributed by atoms with Gasteiger partial charge in [-0.15, -0.1) is 0 Å². The number of carbonyl (C=O) groups is 1. The van der Waals surface area contributed by atoms with E-state index in [2.05, 4.69) is 6.07 Å². The van der Waals surface area contributed by atoms with E-state index in [1.54, 1.807) is 13.0 Å².